The number of aromatic nitrogens is 2. The van der Waals surface area contributed by atoms with Gasteiger partial charge in [-0.3, -0.25) is 4.79 Å². The van der Waals surface area contributed by atoms with Crippen molar-refractivity contribution in [3.63, 3.8) is 0 Å². The molecule has 0 aliphatic carbocycles. The Labute approximate surface area is 98.5 Å². The maximum atomic E-state index is 12.7. The Morgan fingerprint density at radius 3 is 2.33 bits per heavy atom. The fourth-order valence-corrected chi connectivity index (χ4v) is 1.34. The maximum absolute atomic E-state index is 12.7. The van der Waals surface area contributed by atoms with Gasteiger partial charge in [-0.05, 0) is 24.3 Å². The summed E-state index contributed by atoms with van der Waals surface area (Å²) in [6, 6.07) is 4.97. The number of carbonyl (C=O) groups excluding carboxylic acids is 1. The van der Waals surface area contributed by atoms with Crippen molar-refractivity contribution in [1.29, 1.82) is 0 Å². The van der Waals surface area contributed by atoms with Gasteiger partial charge in [-0.1, -0.05) is 0 Å². The Balaban J connectivity index is 2.31. The van der Waals surface area contributed by atoms with Gasteiger partial charge in [-0.25, -0.2) is 9.37 Å². The highest BCUT2D eigenvalue weighted by Gasteiger charge is 2.40. The van der Waals surface area contributed by atoms with Gasteiger partial charge in [0, 0.05) is 5.56 Å². The lowest BCUT2D eigenvalue weighted by atomic mass is 10.2. The lowest BCUT2D eigenvalue weighted by Crippen LogP contribution is -2.22. The first-order valence-corrected chi connectivity index (χ1v) is 4.80. The van der Waals surface area contributed by atoms with E-state index in [-0.39, 0.29) is 5.82 Å². The van der Waals surface area contributed by atoms with Gasteiger partial charge in [0.15, 0.2) is 0 Å². The molecule has 1 aromatic heterocycles. The topological polar surface area (TPSA) is 45.8 Å². The summed E-state index contributed by atoms with van der Waals surface area (Å²) >= 11 is 0. The van der Waals surface area contributed by atoms with Crippen LogP contribution in [0.1, 0.15) is 10.5 Å². The number of carbonyl (C=O) groups is 1. The summed E-state index contributed by atoms with van der Waals surface area (Å²) < 4.78 is 49.1. The van der Waals surface area contributed by atoms with Crippen LogP contribution in [0.5, 0.6) is 0 Å². The predicted molar refractivity (Wildman–Crippen MR) is 54.4 cm³/mol. The smallest absolute Gasteiger partial charge is 0.335 e. The standard InChI is InChI=1S/C11H6F4N2O/c12-7-3-1-6(2-4-7)10-16-5-8(17-10)9(18)11(13,14)15/h1-5H,(H,16,17). The third-order valence-electron chi connectivity index (χ3n) is 2.20. The average molecular weight is 258 g/mol. The summed E-state index contributed by atoms with van der Waals surface area (Å²) in [7, 11) is 0. The fraction of sp³-hybridized carbons (Fsp3) is 0.0909. The van der Waals surface area contributed by atoms with Gasteiger partial charge in [0.25, 0.3) is 5.78 Å². The van der Waals surface area contributed by atoms with Crippen molar-refractivity contribution in [2.24, 2.45) is 0 Å². The molecular weight excluding hydrogens is 252 g/mol. The molecule has 0 amide bonds. The SMILES string of the molecule is O=C(c1cnc(-c2ccc(F)cc2)[nH]1)C(F)(F)F. The van der Waals surface area contributed by atoms with Crippen molar-refractivity contribution in [3.05, 3.63) is 42.0 Å². The minimum atomic E-state index is -4.95. The Morgan fingerprint density at radius 1 is 1.17 bits per heavy atom. The van der Waals surface area contributed by atoms with Gasteiger partial charge in [-0.2, -0.15) is 13.2 Å². The molecule has 2 aromatic rings. The summed E-state index contributed by atoms with van der Waals surface area (Å²) in [6.45, 7) is 0. The molecule has 0 saturated heterocycles. The van der Waals surface area contributed by atoms with Crippen LogP contribution in [0.25, 0.3) is 11.4 Å². The summed E-state index contributed by atoms with van der Waals surface area (Å²) in [6.07, 6.45) is -4.15. The zero-order valence-corrected chi connectivity index (χ0v) is 8.75. The van der Waals surface area contributed by atoms with Crippen molar-refractivity contribution in [1.82, 2.24) is 9.97 Å². The lowest BCUT2D eigenvalue weighted by molar-refractivity contribution is -0.0888. The molecule has 0 spiro atoms. The van der Waals surface area contributed by atoms with E-state index in [0.29, 0.717) is 5.56 Å². The number of Topliss-reactive ketones (excluding diaryl/α,β-unsaturated/α-hetero) is 1. The van der Waals surface area contributed by atoms with E-state index in [1.54, 1.807) is 0 Å². The number of alkyl halides is 3. The number of nitrogens with zero attached hydrogens (tertiary/aromatic N) is 1. The van der Waals surface area contributed by atoms with Crippen molar-refractivity contribution in [3.8, 4) is 11.4 Å². The van der Waals surface area contributed by atoms with Gasteiger partial charge in [0.1, 0.15) is 17.3 Å². The molecule has 94 valence electrons. The first kappa shape index (κ1) is 12.3. The number of hydrogen-bond donors (Lipinski definition) is 1. The number of rotatable bonds is 2. The Bertz CT molecular complexity index is 571. The first-order chi connectivity index (χ1) is 8.38. The number of imidazole rings is 1. The van der Waals surface area contributed by atoms with Gasteiger partial charge in [0.2, 0.25) is 0 Å². The molecule has 0 aliphatic rings. The summed E-state index contributed by atoms with van der Waals surface area (Å²) in [5.41, 5.74) is -0.264. The normalized spacial score (nSPS) is 11.6. The molecule has 1 N–H and O–H groups in total. The molecule has 7 heteroatoms. The largest absolute Gasteiger partial charge is 0.456 e. The van der Waals surface area contributed by atoms with E-state index in [4.69, 9.17) is 0 Å². The van der Waals surface area contributed by atoms with Gasteiger partial charge < -0.3 is 4.98 Å². The van der Waals surface area contributed by atoms with E-state index in [0.717, 1.165) is 18.3 Å². The van der Waals surface area contributed by atoms with E-state index < -0.39 is 23.5 Å². The molecule has 18 heavy (non-hydrogen) atoms. The lowest BCUT2D eigenvalue weighted by Gasteiger charge is -2.01. The minimum Gasteiger partial charge on any atom is -0.335 e. The van der Waals surface area contributed by atoms with Crippen LogP contribution in [0, 0.1) is 5.82 Å². The second kappa shape index (κ2) is 4.25. The molecule has 3 nitrogen and oxygen atoms in total. The van der Waals surface area contributed by atoms with Crippen LogP contribution < -0.4 is 0 Å². The zero-order valence-electron chi connectivity index (χ0n) is 8.75. The van der Waals surface area contributed by atoms with Crippen LogP contribution in [0.2, 0.25) is 0 Å². The highest BCUT2D eigenvalue weighted by Crippen LogP contribution is 2.22. The fourth-order valence-electron chi connectivity index (χ4n) is 1.34. The van der Waals surface area contributed by atoms with Crippen molar-refractivity contribution < 1.29 is 22.4 Å². The molecule has 0 saturated carbocycles. The number of nitrogens with one attached hydrogen (secondary N) is 1. The maximum Gasteiger partial charge on any atom is 0.456 e. The molecule has 0 fully saturated rings. The van der Waals surface area contributed by atoms with E-state index >= 15 is 0 Å². The number of ketones is 1. The molecule has 0 radical (unpaired) electrons. The second-order valence-corrected chi connectivity index (χ2v) is 3.48. The van der Waals surface area contributed by atoms with Crippen LogP contribution in [0.3, 0.4) is 0 Å². The highest BCUT2D eigenvalue weighted by molar-refractivity contribution is 5.98. The molecule has 0 bridgehead atoms. The molecule has 0 atom stereocenters. The van der Waals surface area contributed by atoms with E-state index in [2.05, 4.69) is 9.97 Å². The number of aromatic amines is 1. The first-order valence-electron chi connectivity index (χ1n) is 4.80. The van der Waals surface area contributed by atoms with E-state index in [1.165, 1.54) is 12.1 Å². The van der Waals surface area contributed by atoms with E-state index in [1.807, 2.05) is 0 Å². The quantitative estimate of drug-likeness (QED) is 0.664. The van der Waals surface area contributed by atoms with Crippen LogP contribution in [0.15, 0.2) is 30.5 Å². The molecular formula is C11H6F4N2O. The number of halogens is 4. The number of H-pyrrole nitrogens is 1. The zero-order chi connectivity index (χ0) is 13.3. The third kappa shape index (κ3) is 2.39. The van der Waals surface area contributed by atoms with Crippen molar-refractivity contribution >= 4 is 5.78 Å². The average Bonchev–Trinajstić information content (AvgIpc) is 2.77. The third-order valence-corrected chi connectivity index (χ3v) is 2.20. The summed E-state index contributed by atoms with van der Waals surface area (Å²) in [5.74, 6) is -2.40. The highest BCUT2D eigenvalue weighted by atomic mass is 19.4. The second-order valence-electron chi connectivity index (χ2n) is 3.48. The Kier molecular flexibility index (Phi) is 2.90. The number of hydrogen-bond acceptors (Lipinski definition) is 2. The van der Waals surface area contributed by atoms with Crippen LogP contribution >= 0.6 is 0 Å². The van der Waals surface area contributed by atoms with E-state index in [9.17, 15) is 22.4 Å². The van der Waals surface area contributed by atoms with Crippen LogP contribution in [-0.2, 0) is 0 Å². The number of benzene rings is 1. The van der Waals surface area contributed by atoms with Crippen LogP contribution in [0.4, 0.5) is 17.6 Å². The summed E-state index contributed by atoms with van der Waals surface area (Å²) in [5, 5.41) is 0. The van der Waals surface area contributed by atoms with Crippen molar-refractivity contribution in [2.75, 3.05) is 0 Å². The minimum absolute atomic E-state index is 0.0719. The van der Waals surface area contributed by atoms with Gasteiger partial charge in [-0.15, -0.1) is 0 Å². The van der Waals surface area contributed by atoms with Gasteiger partial charge in [0.05, 0.1) is 6.20 Å². The molecule has 1 aromatic carbocycles. The molecule has 0 aliphatic heterocycles. The van der Waals surface area contributed by atoms with Crippen LogP contribution in [-0.4, -0.2) is 21.9 Å². The molecule has 2 rings (SSSR count). The monoisotopic (exact) mass is 258 g/mol. The van der Waals surface area contributed by atoms with Crippen molar-refractivity contribution in [2.45, 2.75) is 6.18 Å². The Hall–Kier alpha value is -2.18. The summed E-state index contributed by atoms with van der Waals surface area (Å²) in [4.78, 5) is 16.8. The Morgan fingerprint density at radius 2 is 1.78 bits per heavy atom. The molecule has 1 heterocycles. The predicted octanol–water partition coefficient (Wildman–Crippen LogP) is 2.96. The molecule has 0 unspecified atom stereocenters. The van der Waals surface area contributed by atoms with Gasteiger partial charge >= 0.3 is 6.18 Å².